The number of hydrogen-bond donors (Lipinski definition) is 0. The summed E-state index contributed by atoms with van der Waals surface area (Å²) >= 11 is 0. The highest BCUT2D eigenvalue weighted by Gasteiger charge is 2.37. The Kier molecular flexibility index (Phi) is 3.40. The molecule has 0 spiro atoms. The number of fused-ring (bicyclic) bond motifs is 1. The van der Waals surface area contributed by atoms with E-state index in [0.29, 0.717) is 25.3 Å². The van der Waals surface area contributed by atoms with E-state index >= 15 is 0 Å². The number of rotatable bonds is 4. The molecule has 0 N–H and O–H groups in total. The lowest BCUT2D eigenvalue weighted by atomic mass is 10.0. The largest absolute Gasteiger partial charge is 0.346 e. The van der Waals surface area contributed by atoms with Crippen molar-refractivity contribution >= 4 is 5.91 Å². The van der Waals surface area contributed by atoms with Crippen LogP contribution in [-0.2, 0) is 13.0 Å². The van der Waals surface area contributed by atoms with Crippen molar-refractivity contribution in [1.29, 1.82) is 0 Å². The number of hydrogen-bond acceptors (Lipinski definition) is 1. The molecule has 1 aromatic heterocycles. The van der Waals surface area contributed by atoms with Gasteiger partial charge in [-0.05, 0) is 43.7 Å². The standard InChI is InChI=1S/C16H21FN2O/c1-3-12(8-17)9-18-10-15-14(11(18)2)6-7-19(16(15)20)13-4-5-13/h8,10,13H,3-7,9H2,1-2H3/b12-8+. The third-order valence-electron chi connectivity index (χ3n) is 4.54. The third-order valence-corrected chi connectivity index (χ3v) is 4.54. The van der Waals surface area contributed by atoms with Crippen molar-refractivity contribution in [3.8, 4) is 0 Å². The van der Waals surface area contributed by atoms with Gasteiger partial charge in [0.05, 0.1) is 11.9 Å². The van der Waals surface area contributed by atoms with Gasteiger partial charge in [-0.1, -0.05) is 6.92 Å². The van der Waals surface area contributed by atoms with E-state index < -0.39 is 0 Å². The van der Waals surface area contributed by atoms with E-state index in [-0.39, 0.29) is 5.91 Å². The molecule has 1 fully saturated rings. The lowest BCUT2D eigenvalue weighted by Crippen LogP contribution is -2.38. The minimum atomic E-state index is 0.165. The number of aromatic nitrogens is 1. The summed E-state index contributed by atoms with van der Waals surface area (Å²) in [5.41, 5.74) is 3.85. The van der Waals surface area contributed by atoms with E-state index in [1.807, 2.05) is 29.5 Å². The van der Waals surface area contributed by atoms with Crippen LogP contribution in [0, 0.1) is 6.92 Å². The molecule has 1 aromatic rings. The molecule has 0 atom stereocenters. The molecule has 1 saturated carbocycles. The summed E-state index contributed by atoms with van der Waals surface area (Å²) in [6.45, 7) is 5.36. The van der Waals surface area contributed by atoms with Crippen LogP contribution in [0.25, 0.3) is 0 Å². The molecule has 0 bridgehead atoms. The fraction of sp³-hybridized carbons (Fsp3) is 0.562. The molecule has 1 aliphatic carbocycles. The summed E-state index contributed by atoms with van der Waals surface area (Å²) in [6.07, 6.45) is 6.52. The SMILES string of the molecule is CC/C(=C\F)Cn1cc2c(c1C)CCN(C1CC1)C2=O. The lowest BCUT2D eigenvalue weighted by molar-refractivity contribution is 0.0727. The topological polar surface area (TPSA) is 25.2 Å². The monoisotopic (exact) mass is 276 g/mol. The molecule has 0 unspecified atom stereocenters. The molecule has 0 saturated heterocycles. The minimum absolute atomic E-state index is 0.165. The molecule has 1 aliphatic heterocycles. The van der Waals surface area contributed by atoms with Crippen LogP contribution >= 0.6 is 0 Å². The number of nitrogens with zero attached hydrogens (tertiary/aromatic N) is 2. The van der Waals surface area contributed by atoms with Crippen LogP contribution < -0.4 is 0 Å². The molecule has 4 heteroatoms. The zero-order chi connectivity index (χ0) is 14.3. The van der Waals surface area contributed by atoms with Crippen molar-refractivity contribution in [1.82, 2.24) is 9.47 Å². The van der Waals surface area contributed by atoms with Crippen molar-refractivity contribution in [2.75, 3.05) is 6.54 Å². The van der Waals surface area contributed by atoms with E-state index in [1.54, 1.807) is 0 Å². The quantitative estimate of drug-likeness (QED) is 0.829. The first-order valence-corrected chi connectivity index (χ1v) is 7.43. The van der Waals surface area contributed by atoms with Gasteiger partial charge < -0.3 is 9.47 Å². The number of carbonyl (C=O) groups excluding carboxylic acids is 1. The van der Waals surface area contributed by atoms with Gasteiger partial charge >= 0.3 is 0 Å². The van der Waals surface area contributed by atoms with E-state index in [1.165, 1.54) is 0 Å². The summed E-state index contributed by atoms with van der Waals surface area (Å²) in [5.74, 6) is 0.165. The predicted octanol–water partition coefficient (Wildman–Crippen LogP) is 3.22. The molecule has 108 valence electrons. The number of allylic oxidation sites excluding steroid dienone is 1. The average molecular weight is 276 g/mol. The van der Waals surface area contributed by atoms with Gasteiger partial charge in [0, 0.05) is 31.0 Å². The molecule has 3 nitrogen and oxygen atoms in total. The van der Waals surface area contributed by atoms with Crippen LogP contribution in [0.4, 0.5) is 4.39 Å². The van der Waals surface area contributed by atoms with Crippen LogP contribution in [0.3, 0.4) is 0 Å². The average Bonchev–Trinajstić information content (AvgIpc) is 3.24. The number of carbonyl (C=O) groups is 1. The number of amides is 1. The Bertz CT molecular complexity index is 569. The molecule has 2 heterocycles. The maximum absolute atomic E-state index is 12.8. The Morgan fingerprint density at radius 3 is 2.85 bits per heavy atom. The fourth-order valence-electron chi connectivity index (χ4n) is 3.03. The van der Waals surface area contributed by atoms with E-state index in [9.17, 15) is 9.18 Å². The Labute approximate surface area is 119 Å². The zero-order valence-corrected chi connectivity index (χ0v) is 12.2. The van der Waals surface area contributed by atoms with Crippen LogP contribution in [0.1, 0.15) is 47.8 Å². The van der Waals surface area contributed by atoms with Crippen LogP contribution in [0.5, 0.6) is 0 Å². The van der Waals surface area contributed by atoms with E-state index in [0.717, 1.165) is 48.2 Å². The maximum atomic E-state index is 12.8. The lowest BCUT2D eigenvalue weighted by Gasteiger charge is -2.27. The molecular formula is C16H21FN2O. The summed E-state index contributed by atoms with van der Waals surface area (Å²) < 4.78 is 14.8. The van der Waals surface area contributed by atoms with Gasteiger partial charge in [0.1, 0.15) is 0 Å². The summed E-state index contributed by atoms with van der Waals surface area (Å²) in [5, 5.41) is 0. The molecule has 20 heavy (non-hydrogen) atoms. The maximum Gasteiger partial charge on any atom is 0.255 e. The Morgan fingerprint density at radius 2 is 2.25 bits per heavy atom. The Hall–Kier alpha value is -1.58. The van der Waals surface area contributed by atoms with Gasteiger partial charge in [-0.25, -0.2) is 4.39 Å². The number of halogens is 1. The van der Waals surface area contributed by atoms with Gasteiger partial charge in [0.25, 0.3) is 5.91 Å². The summed E-state index contributed by atoms with van der Waals surface area (Å²) in [4.78, 5) is 14.5. The highest BCUT2D eigenvalue weighted by atomic mass is 19.1. The minimum Gasteiger partial charge on any atom is -0.346 e. The predicted molar refractivity (Wildman–Crippen MR) is 76.4 cm³/mol. The van der Waals surface area contributed by atoms with Crippen molar-refractivity contribution in [2.24, 2.45) is 0 Å². The molecule has 0 aromatic carbocycles. The van der Waals surface area contributed by atoms with Crippen LogP contribution in [0.15, 0.2) is 18.1 Å². The highest BCUT2D eigenvalue weighted by Crippen LogP contribution is 2.33. The first kappa shape index (κ1) is 13.4. The highest BCUT2D eigenvalue weighted by molar-refractivity contribution is 5.97. The van der Waals surface area contributed by atoms with Crippen molar-refractivity contribution < 1.29 is 9.18 Å². The molecular weight excluding hydrogens is 255 g/mol. The second-order valence-electron chi connectivity index (χ2n) is 5.84. The smallest absolute Gasteiger partial charge is 0.255 e. The normalized spacial score (nSPS) is 19.4. The van der Waals surface area contributed by atoms with Gasteiger partial charge in [-0.2, -0.15) is 0 Å². The van der Waals surface area contributed by atoms with E-state index in [2.05, 4.69) is 0 Å². The molecule has 3 rings (SSSR count). The van der Waals surface area contributed by atoms with Gasteiger partial charge in [-0.3, -0.25) is 4.79 Å². The van der Waals surface area contributed by atoms with Gasteiger partial charge in [0.15, 0.2) is 0 Å². The van der Waals surface area contributed by atoms with Crippen LogP contribution in [0.2, 0.25) is 0 Å². The first-order valence-electron chi connectivity index (χ1n) is 7.43. The zero-order valence-electron chi connectivity index (χ0n) is 12.2. The summed E-state index contributed by atoms with van der Waals surface area (Å²) in [6, 6.07) is 0.469. The Morgan fingerprint density at radius 1 is 1.50 bits per heavy atom. The fourth-order valence-corrected chi connectivity index (χ4v) is 3.03. The van der Waals surface area contributed by atoms with Crippen molar-refractivity contribution in [3.63, 3.8) is 0 Å². The Balaban J connectivity index is 1.89. The molecule has 0 radical (unpaired) electrons. The van der Waals surface area contributed by atoms with Crippen LogP contribution in [-0.4, -0.2) is 28.0 Å². The van der Waals surface area contributed by atoms with Crippen molar-refractivity contribution in [3.05, 3.63) is 34.9 Å². The van der Waals surface area contributed by atoms with Crippen molar-refractivity contribution in [2.45, 2.75) is 52.1 Å². The van der Waals surface area contributed by atoms with Gasteiger partial charge in [0.2, 0.25) is 0 Å². The second-order valence-corrected chi connectivity index (χ2v) is 5.84. The van der Waals surface area contributed by atoms with Gasteiger partial charge in [-0.15, -0.1) is 0 Å². The van der Waals surface area contributed by atoms with E-state index in [4.69, 9.17) is 0 Å². The third kappa shape index (κ3) is 2.17. The molecule has 1 amide bonds. The second kappa shape index (κ2) is 5.08. The summed E-state index contributed by atoms with van der Waals surface area (Å²) in [7, 11) is 0. The molecule has 2 aliphatic rings. The first-order chi connectivity index (χ1) is 9.65.